The van der Waals surface area contributed by atoms with Gasteiger partial charge in [-0.15, -0.1) is 18.3 Å². The molecule has 1 fully saturated rings. The van der Waals surface area contributed by atoms with E-state index in [1.165, 1.54) is 17.0 Å². The molecule has 1 saturated carbocycles. The molecular weight excluding hydrogens is 847 g/mol. The van der Waals surface area contributed by atoms with Crippen molar-refractivity contribution in [1.82, 2.24) is 4.90 Å². The number of non-ortho nitro benzene ring substituents is 1. The maximum Gasteiger partial charge on any atom is 0.410 e. The van der Waals surface area contributed by atoms with Gasteiger partial charge in [-0.2, -0.15) is 0 Å². The van der Waals surface area contributed by atoms with Crippen LogP contribution in [0.4, 0.5) is 10.5 Å². The number of hydrogen-bond acceptors (Lipinski definition) is 12. The third kappa shape index (κ3) is 11.4. The summed E-state index contributed by atoms with van der Waals surface area (Å²) in [6, 6.07) is 31.0. The third-order valence-electron chi connectivity index (χ3n) is 12.5. The quantitative estimate of drug-likeness (QED) is 0.0240. The number of carbonyl (C=O) groups is 1. The van der Waals surface area contributed by atoms with E-state index in [-0.39, 0.29) is 62.9 Å². The van der Waals surface area contributed by atoms with E-state index >= 15 is 0 Å². The first-order chi connectivity index (χ1) is 31.8. The molecule has 13 nitrogen and oxygen atoms in total. The number of ether oxygens (including phenoxy) is 4. The van der Waals surface area contributed by atoms with Gasteiger partial charge >= 0.3 is 6.09 Å². The molecule has 6 atom stereocenters. The molecule has 2 aliphatic carbocycles. The monoisotopic (exact) mass is 905 g/mol. The predicted molar refractivity (Wildman–Crippen MR) is 250 cm³/mol. The van der Waals surface area contributed by atoms with Gasteiger partial charge < -0.3 is 38.9 Å². The van der Waals surface area contributed by atoms with E-state index in [1.54, 1.807) is 41.9 Å². The average molecular weight is 906 g/mol. The van der Waals surface area contributed by atoms with Crippen LogP contribution >= 0.6 is 11.8 Å². The van der Waals surface area contributed by atoms with Gasteiger partial charge in [0.05, 0.1) is 29.8 Å². The molecule has 65 heavy (non-hydrogen) atoms. The first kappa shape index (κ1) is 47.3. The summed E-state index contributed by atoms with van der Waals surface area (Å²) in [5, 5.41) is 36.1. The van der Waals surface area contributed by atoms with Gasteiger partial charge in [0, 0.05) is 60.9 Å². The number of oxime groups is 1. The molecule has 0 saturated heterocycles. The number of allylic oxidation sites excluding steroid dienone is 1. The normalized spacial score (nSPS) is 22.4. The summed E-state index contributed by atoms with van der Waals surface area (Å²) in [6.07, 6.45) is 8.02. The molecule has 2 N–H and O–H groups in total. The Morgan fingerprint density at radius 1 is 0.954 bits per heavy atom. The number of rotatable bonds is 23. The van der Waals surface area contributed by atoms with Crippen molar-refractivity contribution in [3.8, 4) is 11.5 Å². The lowest BCUT2D eigenvalue weighted by Crippen LogP contribution is -2.69. The molecule has 4 aromatic carbocycles. The van der Waals surface area contributed by atoms with Gasteiger partial charge in [-0.25, -0.2) is 4.79 Å². The zero-order chi connectivity index (χ0) is 45.6. The van der Waals surface area contributed by atoms with E-state index < -0.39 is 28.8 Å². The van der Waals surface area contributed by atoms with Crippen LogP contribution in [0.5, 0.6) is 11.5 Å². The predicted octanol–water partition coefficient (Wildman–Crippen LogP) is 9.87. The van der Waals surface area contributed by atoms with Crippen LogP contribution < -0.4 is 9.47 Å². The highest BCUT2D eigenvalue weighted by Crippen LogP contribution is 2.62. The number of amides is 1. The van der Waals surface area contributed by atoms with Crippen LogP contribution in [0, 0.1) is 27.9 Å². The molecule has 4 aromatic rings. The van der Waals surface area contributed by atoms with E-state index in [0.29, 0.717) is 42.2 Å². The van der Waals surface area contributed by atoms with Gasteiger partial charge in [0.2, 0.25) is 5.79 Å². The minimum atomic E-state index is -1.45. The highest BCUT2D eigenvalue weighted by Gasteiger charge is 2.65. The first-order valence-corrected chi connectivity index (χ1v) is 23.4. The summed E-state index contributed by atoms with van der Waals surface area (Å²) in [4.78, 5) is 34.0. The minimum Gasteiger partial charge on any atom is -0.493 e. The molecule has 14 heteroatoms. The fourth-order valence-corrected chi connectivity index (χ4v) is 10.3. The Bertz CT molecular complexity index is 2260. The zero-order valence-electron chi connectivity index (χ0n) is 36.9. The Morgan fingerprint density at radius 3 is 2.37 bits per heavy atom. The van der Waals surface area contributed by atoms with Crippen LogP contribution in [-0.2, 0) is 27.5 Å². The topological polar surface area (TPSA) is 162 Å². The van der Waals surface area contributed by atoms with Crippen molar-refractivity contribution in [1.29, 1.82) is 0 Å². The second-order valence-corrected chi connectivity index (χ2v) is 17.8. The Balaban J connectivity index is 1.32. The number of fused-ring (bicyclic) bond motifs is 2. The fraction of sp³-hybridized carbons (Fsp3) is 0.412. The number of unbranched alkanes of at least 4 members (excludes halogenated alkanes) is 2. The zero-order valence-corrected chi connectivity index (χ0v) is 37.7. The highest BCUT2D eigenvalue weighted by molar-refractivity contribution is 7.99. The second kappa shape index (κ2) is 23.0. The lowest BCUT2D eigenvalue weighted by atomic mass is 9.55. The Hall–Kier alpha value is -5.67. The van der Waals surface area contributed by atoms with Gasteiger partial charge in [0.25, 0.3) is 5.69 Å². The van der Waals surface area contributed by atoms with Gasteiger partial charge in [-0.3, -0.25) is 10.1 Å². The number of benzene rings is 4. The summed E-state index contributed by atoms with van der Waals surface area (Å²) in [6.45, 7) is 4.87. The first-order valence-electron chi connectivity index (χ1n) is 22.4. The summed E-state index contributed by atoms with van der Waals surface area (Å²) in [5.74, 6) is -0.0569. The molecule has 0 radical (unpaired) electrons. The van der Waals surface area contributed by atoms with E-state index in [2.05, 4.69) is 30.9 Å². The van der Waals surface area contributed by atoms with Crippen LogP contribution in [-0.4, -0.2) is 82.9 Å². The van der Waals surface area contributed by atoms with Crippen LogP contribution in [0.2, 0.25) is 0 Å². The highest BCUT2D eigenvalue weighted by atomic mass is 32.2. The molecule has 0 bridgehead atoms. The summed E-state index contributed by atoms with van der Waals surface area (Å²) in [7, 11) is 1.69. The standard InChI is InChI=1S/C51H59N3O10S/c1-3-28-62-51-47(53(2)50(57)61-34-36-14-6-4-7-15-36)33-45(52-63-35-37-20-22-39(23-21-37)54(58)59)43-31-38(16-10-12-26-55)42(19-11-13-27-56)48(49(43)51)44-32-40(24-25-46(44)64-51)60-29-30-65-41-17-8-5-9-18-41/h3-9,14-15,17-18,20-25,31-32,38,42,47-49,55-56H,1,10-13,16,19,26-30,33-35H2,2H3/t38-,42+,47-,48+,49+,51+/m0/s1. The van der Waals surface area contributed by atoms with Gasteiger partial charge in [-0.05, 0) is 96.7 Å². The number of aliphatic hydroxyl groups excluding tert-OH is 2. The van der Waals surface area contributed by atoms with E-state index in [0.717, 1.165) is 48.1 Å². The maximum absolute atomic E-state index is 14.3. The van der Waals surface area contributed by atoms with Crippen LogP contribution in [0.15, 0.2) is 137 Å². The van der Waals surface area contributed by atoms with Crippen LogP contribution in [0.25, 0.3) is 0 Å². The van der Waals surface area contributed by atoms with E-state index in [1.807, 2.05) is 60.7 Å². The van der Waals surface area contributed by atoms with Gasteiger partial charge in [0.15, 0.2) is 0 Å². The molecule has 0 spiro atoms. The molecule has 344 valence electrons. The largest absolute Gasteiger partial charge is 0.493 e. The molecule has 0 aromatic heterocycles. The smallest absolute Gasteiger partial charge is 0.410 e. The second-order valence-electron chi connectivity index (χ2n) is 16.6. The van der Waals surface area contributed by atoms with Crippen molar-refractivity contribution in [2.24, 2.45) is 22.9 Å². The number of aliphatic hydroxyl groups is 2. The van der Waals surface area contributed by atoms with Crippen molar-refractivity contribution < 1.29 is 43.7 Å². The molecule has 7 rings (SSSR count). The summed E-state index contributed by atoms with van der Waals surface area (Å²) < 4.78 is 26.6. The lowest BCUT2D eigenvalue weighted by Gasteiger charge is -2.59. The number of likely N-dealkylation sites (N-methyl/N-ethyl adjacent to an activating group) is 1. The number of thioether (sulfide) groups is 1. The number of nitrogens with zero attached hydrogens (tertiary/aromatic N) is 3. The van der Waals surface area contributed by atoms with Crippen molar-refractivity contribution in [2.45, 2.75) is 80.8 Å². The maximum atomic E-state index is 14.3. The summed E-state index contributed by atoms with van der Waals surface area (Å²) in [5.41, 5.74) is 3.97. The number of nitro benzene ring substituents is 1. The lowest BCUT2D eigenvalue weighted by molar-refractivity contribution is -0.384. The Labute approximate surface area is 385 Å². The van der Waals surface area contributed by atoms with Crippen LogP contribution in [0.3, 0.4) is 0 Å². The Morgan fingerprint density at radius 2 is 1.66 bits per heavy atom. The Kier molecular flexibility index (Phi) is 16.7. The van der Waals surface area contributed by atoms with Crippen molar-refractivity contribution in [3.05, 3.63) is 154 Å². The number of nitro groups is 1. The van der Waals surface area contributed by atoms with Gasteiger partial charge in [0.1, 0.15) is 30.8 Å². The molecule has 0 unspecified atom stereocenters. The molecular formula is C51H59N3O10S. The summed E-state index contributed by atoms with van der Waals surface area (Å²) >= 11 is 1.73. The molecule has 1 heterocycles. The van der Waals surface area contributed by atoms with E-state index in [4.69, 9.17) is 28.9 Å². The third-order valence-corrected chi connectivity index (χ3v) is 13.5. The SMILES string of the molecule is C=CCO[C@@]12Oc3ccc(OCCSc4ccccc4)cc3[C@H]3[C@H](CCCCO)[C@@H](CCCCO)C=C(C(=NOCc4ccc([N+](=O)[O-])cc4)C[C@@H]1N(C)C(=O)OCc1ccccc1)[C@H]32. The van der Waals surface area contributed by atoms with Crippen molar-refractivity contribution in [3.63, 3.8) is 0 Å². The number of carbonyl (C=O) groups excluding carboxylic acids is 1. The number of hydrogen-bond donors (Lipinski definition) is 2. The van der Waals surface area contributed by atoms with Gasteiger partial charge in [-0.1, -0.05) is 78.7 Å². The fourth-order valence-electron chi connectivity index (χ4n) is 9.50. The van der Waals surface area contributed by atoms with Crippen molar-refractivity contribution >= 4 is 29.3 Å². The molecule has 1 aliphatic heterocycles. The molecule has 1 amide bonds. The minimum absolute atomic E-state index is 0.0235. The molecule has 3 aliphatic rings. The van der Waals surface area contributed by atoms with E-state index in [9.17, 15) is 25.1 Å². The average Bonchev–Trinajstić information content (AvgIpc) is 3.33. The van der Waals surface area contributed by atoms with Crippen LogP contribution in [0.1, 0.15) is 67.6 Å². The van der Waals surface area contributed by atoms with Crippen molar-refractivity contribution in [2.75, 3.05) is 39.2 Å².